The van der Waals surface area contributed by atoms with Gasteiger partial charge in [0.15, 0.2) is 5.60 Å². The normalized spacial score (nSPS) is 42.4. The number of rotatable bonds is 4. The molecule has 1 spiro atoms. The average Bonchev–Trinajstić information content (AvgIpc) is 2.79. The Labute approximate surface area is 169 Å². The zero-order valence-corrected chi connectivity index (χ0v) is 17.2. The zero-order valence-electron chi connectivity index (χ0n) is 17.2. The van der Waals surface area contributed by atoms with Crippen molar-refractivity contribution < 1.29 is 33.3 Å². The lowest BCUT2D eigenvalue weighted by atomic mass is 9.44. The Morgan fingerprint density at radius 1 is 1.34 bits per heavy atom. The minimum absolute atomic E-state index is 0.0699. The number of carbonyl (C=O) groups excluding carboxylic acids is 3. The van der Waals surface area contributed by atoms with E-state index < -0.39 is 46.2 Å². The van der Waals surface area contributed by atoms with E-state index in [0.717, 1.165) is 0 Å². The molecule has 156 valence electrons. The van der Waals surface area contributed by atoms with Crippen molar-refractivity contribution in [3.05, 3.63) is 36.3 Å². The molecule has 0 unspecified atom stereocenters. The first kappa shape index (κ1) is 19.7. The Balaban J connectivity index is 1.97. The molecule has 7 heteroatoms. The fourth-order valence-corrected chi connectivity index (χ4v) is 5.85. The molecular weight excluding hydrogens is 376 g/mol. The van der Waals surface area contributed by atoms with Gasteiger partial charge in [-0.3, -0.25) is 14.4 Å². The van der Waals surface area contributed by atoms with E-state index in [2.05, 4.69) is 6.58 Å². The molecule has 2 bridgehead atoms. The van der Waals surface area contributed by atoms with Crippen molar-refractivity contribution in [3.8, 4) is 0 Å². The molecule has 6 atom stereocenters. The second-order valence-corrected chi connectivity index (χ2v) is 8.92. The van der Waals surface area contributed by atoms with Crippen LogP contribution in [0.3, 0.4) is 0 Å². The van der Waals surface area contributed by atoms with Crippen LogP contribution in [-0.4, -0.2) is 37.2 Å². The number of methoxy groups -OCH3 is 1. The number of carbonyl (C=O) groups is 3. The third-order valence-corrected chi connectivity index (χ3v) is 7.37. The summed E-state index contributed by atoms with van der Waals surface area (Å²) in [5.74, 6) is -2.89. The SMILES string of the molecule is C=C[C@@]1(C)CC[C@H]2[C@](C)(COC(C)=O)[C@H]3C=C4C=C(OC)OC(=O)[C@@H]1[C@@]42OC3=O. The van der Waals surface area contributed by atoms with Gasteiger partial charge in [0.25, 0.3) is 5.95 Å². The molecule has 29 heavy (non-hydrogen) atoms. The van der Waals surface area contributed by atoms with Gasteiger partial charge < -0.3 is 18.9 Å². The molecule has 1 saturated heterocycles. The lowest BCUT2D eigenvalue weighted by molar-refractivity contribution is -0.241. The predicted molar refractivity (Wildman–Crippen MR) is 101 cm³/mol. The molecule has 0 aromatic rings. The Morgan fingerprint density at radius 3 is 2.69 bits per heavy atom. The molecule has 0 aromatic carbocycles. The topological polar surface area (TPSA) is 88.1 Å². The molecule has 0 radical (unpaired) electrons. The first-order valence-corrected chi connectivity index (χ1v) is 9.82. The summed E-state index contributed by atoms with van der Waals surface area (Å²) >= 11 is 0. The van der Waals surface area contributed by atoms with Crippen molar-refractivity contribution in [3.63, 3.8) is 0 Å². The van der Waals surface area contributed by atoms with E-state index in [9.17, 15) is 14.4 Å². The van der Waals surface area contributed by atoms with E-state index in [1.54, 1.807) is 12.2 Å². The molecule has 1 saturated carbocycles. The fraction of sp³-hybridized carbons (Fsp3) is 0.591. The Kier molecular flexibility index (Phi) is 4.23. The number of fused-ring (bicyclic) bond motifs is 1. The smallest absolute Gasteiger partial charge is 0.322 e. The van der Waals surface area contributed by atoms with Gasteiger partial charge in [-0.15, -0.1) is 6.58 Å². The van der Waals surface area contributed by atoms with Crippen LogP contribution in [0.2, 0.25) is 0 Å². The van der Waals surface area contributed by atoms with Gasteiger partial charge in [-0.2, -0.15) is 0 Å². The Morgan fingerprint density at radius 2 is 2.07 bits per heavy atom. The van der Waals surface area contributed by atoms with Gasteiger partial charge in [-0.1, -0.05) is 26.0 Å². The van der Waals surface area contributed by atoms with Crippen molar-refractivity contribution in [1.82, 2.24) is 0 Å². The number of hydrogen-bond acceptors (Lipinski definition) is 7. The quantitative estimate of drug-likeness (QED) is 0.406. The highest BCUT2D eigenvalue weighted by molar-refractivity contribution is 5.86. The van der Waals surface area contributed by atoms with Crippen LogP contribution in [0.5, 0.6) is 0 Å². The summed E-state index contributed by atoms with van der Waals surface area (Å²) in [5, 5.41) is 0. The lowest BCUT2D eigenvalue weighted by Crippen LogP contribution is -2.71. The van der Waals surface area contributed by atoms with Crippen molar-refractivity contribution in [1.29, 1.82) is 0 Å². The first-order valence-electron chi connectivity index (χ1n) is 9.82. The maximum Gasteiger partial charge on any atom is 0.322 e. The maximum absolute atomic E-state index is 13.3. The number of hydrogen-bond donors (Lipinski definition) is 0. The summed E-state index contributed by atoms with van der Waals surface area (Å²) in [5.41, 5.74) is -1.86. The molecule has 0 amide bonds. The minimum atomic E-state index is -1.22. The first-order chi connectivity index (χ1) is 13.6. The van der Waals surface area contributed by atoms with Crippen LogP contribution in [0.1, 0.15) is 33.6 Å². The lowest BCUT2D eigenvalue weighted by Gasteiger charge is -2.64. The zero-order chi connectivity index (χ0) is 21.2. The molecular formula is C22H26O7. The largest absolute Gasteiger partial charge is 0.468 e. The molecule has 3 heterocycles. The van der Waals surface area contributed by atoms with Gasteiger partial charge in [0.1, 0.15) is 5.92 Å². The predicted octanol–water partition coefficient (Wildman–Crippen LogP) is 2.67. The summed E-state index contributed by atoms with van der Waals surface area (Å²) in [6.07, 6.45) is 6.57. The molecule has 5 rings (SSSR count). The second-order valence-electron chi connectivity index (χ2n) is 8.92. The highest BCUT2D eigenvalue weighted by Crippen LogP contribution is 2.67. The van der Waals surface area contributed by atoms with Crippen LogP contribution in [0, 0.1) is 28.6 Å². The summed E-state index contributed by atoms with van der Waals surface area (Å²) in [6.45, 7) is 9.24. The summed E-state index contributed by atoms with van der Waals surface area (Å²) in [7, 11) is 1.43. The highest BCUT2D eigenvalue weighted by Gasteiger charge is 2.74. The monoisotopic (exact) mass is 402 g/mol. The van der Waals surface area contributed by atoms with Gasteiger partial charge >= 0.3 is 17.9 Å². The van der Waals surface area contributed by atoms with Crippen LogP contribution >= 0.6 is 0 Å². The van der Waals surface area contributed by atoms with Gasteiger partial charge in [-0.25, -0.2) is 0 Å². The van der Waals surface area contributed by atoms with E-state index in [1.165, 1.54) is 14.0 Å². The Hall–Kier alpha value is -2.57. The van der Waals surface area contributed by atoms with E-state index in [0.29, 0.717) is 18.4 Å². The fourth-order valence-electron chi connectivity index (χ4n) is 5.85. The van der Waals surface area contributed by atoms with Gasteiger partial charge in [-0.05, 0) is 12.8 Å². The number of allylic oxidation sites excluding steroid dienone is 1. The standard InChI is InChI=1S/C22H26O7/c1-6-20(3)8-7-15-21(4,11-27-12(2)23)14-9-13-10-16(26-5)28-19(25)17(20)22(13,15)29-18(14)24/h6,9-10,14-15,17H,1,7-8,11H2,2-5H3/t14-,15-,17-,20-,21+,22+/m0/s1. The van der Waals surface area contributed by atoms with E-state index in [-0.39, 0.29) is 18.5 Å². The Bertz CT molecular complexity index is 870. The molecule has 2 aliphatic carbocycles. The maximum atomic E-state index is 13.3. The third kappa shape index (κ3) is 2.45. The van der Waals surface area contributed by atoms with Gasteiger partial charge in [0.2, 0.25) is 0 Å². The number of ether oxygens (including phenoxy) is 4. The van der Waals surface area contributed by atoms with E-state index in [1.807, 2.05) is 19.9 Å². The van der Waals surface area contributed by atoms with Crippen LogP contribution in [0.15, 0.2) is 36.3 Å². The molecule has 5 aliphatic rings. The van der Waals surface area contributed by atoms with Crippen LogP contribution in [0.4, 0.5) is 0 Å². The summed E-state index contributed by atoms with van der Waals surface area (Å²) in [4.78, 5) is 37.9. The molecule has 7 nitrogen and oxygen atoms in total. The van der Waals surface area contributed by atoms with E-state index in [4.69, 9.17) is 18.9 Å². The minimum Gasteiger partial charge on any atom is -0.468 e. The average molecular weight is 402 g/mol. The molecule has 0 aromatic heterocycles. The molecule has 3 aliphatic heterocycles. The number of cyclic esters (lactones) is 1. The number of esters is 3. The van der Waals surface area contributed by atoms with Crippen LogP contribution < -0.4 is 0 Å². The third-order valence-electron chi connectivity index (χ3n) is 7.37. The summed E-state index contributed by atoms with van der Waals surface area (Å²) in [6, 6.07) is 0. The molecule has 2 fully saturated rings. The van der Waals surface area contributed by atoms with Gasteiger partial charge in [0.05, 0.1) is 19.6 Å². The van der Waals surface area contributed by atoms with Crippen molar-refractivity contribution in [2.24, 2.45) is 28.6 Å². The van der Waals surface area contributed by atoms with E-state index >= 15 is 0 Å². The summed E-state index contributed by atoms with van der Waals surface area (Å²) < 4.78 is 22.2. The van der Waals surface area contributed by atoms with Crippen LogP contribution in [0.25, 0.3) is 0 Å². The highest BCUT2D eigenvalue weighted by atomic mass is 16.7. The van der Waals surface area contributed by atoms with Crippen molar-refractivity contribution >= 4 is 17.9 Å². The van der Waals surface area contributed by atoms with Gasteiger partial charge in [0, 0.05) is 35.3 Å². The van der Waals surface area contributed by atoms with Crippen molar-refractivity contribution in [2.45, 2.75) is 39.2 Å². The second kappa shape index (κ2) is 6.21. The molecule has 0 N–H and O–H groups in total. The van der Waals surface area contributed by atoms with Crippen LogP contribution in [-0.2, 0) is 33.3 Å². The van der Waals surface area contributed by atoms with Crippen molar-refractivity contribution in [2.75, 3.05) is 13.7 Å².